The average Bonchev–Trinajstić information content (AvgIpc) is 2.93. The molecule has 1 aliphatic heterocycles. The normalized spacial score (nSPS) is 14.6. The van der Waals surface area contributed by atoms with Crippen LogP contribution in [-0.2, 0) is 4.57 Å². The summed E-state index contributed by atoms with van der Waals surface area (Å²) in [4.78, 5) is 50.0. The monoisotopic (exact) mass is 518 g/mol. The first kappa shape index (κ1) is 26.7. The van der Waals surface area contributed by atoms with E-state index in [2.05, 4.69) is 5.32 Å². The molecule has 0 aliphatic carbocycles. The van der Waals surface area contributed by atoms with Gasteiger partial charge >= 0.3 is 7.60 Å². The van der Waals surface area contributed by atoms with Crippen molar-refractivity contribution < 1.29 is 23.9 Å². The van der Waals surface area contributed by atoms with Crippen LogP contribution in [-0.4, -0.2) is 52.6 Å². The maximum atomic E-state index is 14.0. The van der Waals surface area contributed by atoms with Gasteiger partial charge in [-0.3, -0.25) is 14.2 Å². The van der Waals surface area contributed by atoms with E-state index in [1.807, 2.05) is 56.3 Å². The third-order valence-corrected chi connectivity index (χ3v) is 7.67. The van der Waals surface area contributed by atoms with Crippen molar-refractivity contribution in [3.05, 3.63) is 95.6 Å². The van der Waals surface area contributed by atoms with Gasteiger partial charge in [-0.05, 0) is 39.2 Å². The number of Topliss-reactive ketones (excluding diaryl/α,β-unsaturated/α-hetero) is 1. The smallest absolute Gasteiger partial charge is 0.336 e. The zero-order valence-electron chi connectivity index (χ0n) is 20.9. The number of nitrogens with one attached hydrogen (secondary N) is 1. The van der Waals surface area contributed by atoms with Crippen LogP contribution >= 0.6 is 7.60 Å². The summed E-state index contributed by atoms with van der Waals surface area (Å²) in [6, 6.07) is 22.8. The first-order valence-electron chi connectivity index (χ1n) is 12.4. The molecule has 3 N–H and O–H groups in total. The van der Waals surface area contributed by atoms with Crippen LogP contribution in [0.5, 0.6) is 0 Å². The maximum Gasteiger partial charge on any atom is 0.340 e. The number of benzene rings is 4. The van der Waals surface area contributed by atoms with Gasteiger partial charge in [0.05, 0.1) is 5.56 Å². The highest BCUT2D eigenvalue weighted by Gasteiger charge is 2.40. The molecule has 1 unspecified atom stereocenters. The van der Waals surface area contributed by atoms with Crippen LogP contribution in [0, 0.1) is 0 Å². The molecule has 0 aromatic heterocycles. The Bertz CT molecular complexity index is 1490. The summed E-state index contributed by atoms with van der Waals surface area (Å²) in [5, 5.41) is 6.06. The minimum atomic E-state index is -4.95. The van der Waals surface area contributed by atoms with Crippen LogP contribution in [0.25, 0.3) is 21.5 Å². The number of hydrogen-bond donors (Lipinski definition) is 3. The van der Waals surface area contributed by atoms with Crippen LogP contribution < -0.4 is 5.32 Å². The molecular formula is C29H31N2O5P. The fourth-order valence-electron chi connectivity index (χ4n) is 4.77. The van der Waals surface area contributed by atoms with Gasteiger partial charge in [0.2, 0.25) is 0 Å². The van der Waals surface area contributed by atoms with E-state index in [4.69, 9.17) is 0 Å². The van der Waals surface area contributed by atoms with E-state index in [0.29, 0.717) is 31.6 Å². The standard InChI is InChI=1S/C27H25N2O5P.C2H6/c30-25(26(35(32,33)34)22-11-5-9-18-6-3-4-10-21(18)22)23-16-19-7-1-2-8-20(19)17-24(23)27(31)29-14-12-28-13-15-29;1-2/h1-11,16-17,26,28H,12-15H2,(H2,32,33,34);1-2H3. The van der Waals surface area contributed by atoms with Crippen molar-refractivity contribution in [2.45, 2.75) is 19.5 Å². The minimum Gasteiger partial charge on any atom is -0.336 e. The molecule has 4 aromatic rings. The first-order valence-corrected chi connectivity index (χ1v) is 14.1. The Morgan fingerprint density at radius 3 is 1.97 bits per heavy atom. The molecule has 5 rings (SSSR count). The van der Waals surface area contributed by atoms with Gasteiger partial charge < -0.3 is 20.0 Å². The Morgan fingerprint density at radius 1 is 0.811 bits per heavy atom. The number of piperazine rings is 1. The number of ketones is 1. The van der Waals surface area contributed by atoms with Gasteiger partial charge in [-0.1, -0.05) is 80.6 Å². The van der Waals surface area contributed by atoms with E-state index in [-0.39, 0.29) is 22.6 Å². The molecule has 0 saturated carbocycles. The lowest BCUT2D eigenvalue weighted by Gasteiger charge is -2.28. The summed E-state index contributed by atoms with van der Waals surface area (Å²) in [7, 11) is -4.95. The number of carbonyl (C=O) groups excluding carboxylic acids is 2. The predicted octanol–water partition coefficient (Wildman–Crippen LogP) is 5.17. The van der Waals surface area contributed by atoms with Crippen molar-refractivity contribution in [1.82, 2.24) is 10.2 Å². The van der Waals surface area contributed by atoms with Gasteiger partial charge in [-0.2, -0.15) is 0 Å². The lowest BCUT2D eigenvalue weighted by molar-refractivity contribution is 0.0730. The van der Waals surface area contributed by atoms with Gasteiger partial charge in [-0.15, -0.1) is 0 Å². The number of nitrogens with zero attached hydrogens (tertiary/aromatic N) is 1. The molecule has 4 aromatic carbocycles. The summed E-state index contributed by atoms with van der Waals surface area (Å²) in [6.07, 6.45) is 0. The molecule has 37 heavy (non-hydrogen) atoms. The number of hydrogen-bond acceptors (Lipinski definition) is 4. The minimum absolute atomic E-state index is 0.0218. The Balaban J connectivity index is 0.00000156. The van der Waals surface area contributed by atoms with E-state index in [0.717, 1.165) is 16.2 Å². The van der Waals surface area contributed by atoms with Gasteiger partial charge in [0.15, 0.2) is 5.78 Å². The second kappa shape index (κ2) is 11.4. The summed E-state index contributed by atoms with van der Waals surface area (Å²) < 4.78 is 12.8. The second-order valence-corrected chi connectivity index (χ2v) is 10.4. The number of carbonyl (C=O) groups is 2. The Morgan fingerprint density at radius 2 is 1.35 bits per heavy atom. The van der Waals surface area contributed by atoms with E-state index in [1.54, 1.807) is 41.3 Å². The molecule has 0 radical (unpaired) electrons. The van der Waals surface area contributed by atoms with Crippen molar-refractivity contribution in [2.24, 2.45) is 0 Å². The van der Waals surface area contributed by atoms with Crippen molar-refractivity contribution >= 4 is 40.8 Å². The molecule has 1 aliphatic rings. The summed E-state index contributed by atoms with van der Waals surface area (Å²) in [5.74, 6) is -1.08. The van der Waals surface area contributed by atoms with Gasteiger partial charge in [0, 0.05) is 31.7 Å². The van der Waals surface area contributed by atoms with Crippen LogP contribution in [0.1, 0.15) is 45.8 Å². The highest BCUT2D eigenvalue weighted by atomic mass is 31.2. The molecule has 1 amide bonds. The van der Waals surface area contributed by atoms with E-state index < -0.39 is 19.0 Å². The van der Waals surface area contributed by atoms with Gasteiger partial charge in [0.25, 0.3) is 5.91 Å². The Labute approximate surface area is 216 Å². The van der Waals surface area contributed by atoms with Crippen molar-refractivity contribution in [3.63, 3.8) is 0 Å². The molecule has 1 heterocycles. The maximum absolute atomic E-state index is 14.0. The van der Waals surface area contributed by atoms with Crippen molar-refractivity contribution in [3.8, 4) is 0 Å². The number of amides is 1. The summed E-state index contributed by atoms with van der Waals surface area (Å²) in [6.45, 7) is 6.27. The SMILES string of the molecule is CC.O=C(c1cc2ccccc2cc1C(=O)N1CCNCC1)C(c1cccc2ccccc12)P(=O)(O)O. The Kier molecular flexibility index (Phi) is 8.20. The zero-order valence-corrected chi connectivity index (χ0v) is 21.8. The molecule has 7 nitrogen and oxygen atoms in total. The topological polar surface area (TPSA) is 107 Å². The molecule has 192 valence electrons. The molecule has 1 atom stereocenters. The number of rotatable bonds is 5. The third-order valence-electron chi connectivity index (χ3n) is 6.49. The highest BCUT2D eigenvalue weighted by molar-refractivity contribution is 7.53. The van der Waals surface area contributed by atoms with Crippen LogP contribution in [0.15, 0.2) is 78.9 Å². The molecule has 1 saturated heterocycles. The third kappa shape index (κ3) is 5.50. The molecule has 0 bridgehead atoms. The molecule has 1 fully saturated rings. The quantitative estimate of drug-likeness (QED) is 0.249. The average molecular weight is 519 g/mol. The van der Waals surface area contributed by atoms with Crippen LogP contribution in [0.2, 0.25) is 0 Å². The summed E-state index contributed by atoms with van der Waals surface area (Å²) in [5.41, 5.74) is -1.30. The number of fused-ring (bicyclic) bond motifs is 2. The molecule has 0 spiro atoms. The molecule has 8 heteroatoms. The van der Waals surface area contributed by atoms with E-state index in [1.165, 1.54) is 0 Å². The lowest BCUT2D eigenvalue weighted by atomic mass is 9.92. The second-order valence-electron chi connectivity index (χ2n) is 8.71. The Hall–Kier alpha value is -3.35. The molecular weight excluding hydrogens is 487 g/mol. The largest absolute Gasteiger partial charge is 0.340 e. The zero-order chi connectivity index (χ0) is 26.6. The fraction of sp³-hybridized carbons (Fsp3) is 0.241. The first-order chi connectivity index (χ1) is 17.8. The van der Waals surface area contributed by atoms with Gasteiger partial charge in [0.1, 0.15) is 5.66 Å². The lowest BCUT2D eigenvalue weighted by Crippen LogP contribution is -2.46. The van der Waals surface area contributed by atoms with Crippen molar-refractivity contribution in [2.75, 3.05) is 26.2 Å². The van der Waals surface area contributed by atoms with Gasteiger partial charge in [-0.25, -0.2) is 0 Å². The van der Waals surface area contributed by atoms with Crippen LogP contribution in [0.4, 0.5) is 0 Å². The fourth-order valence-corrected chi connectivity index (χ4v) is 5.80. The highest BCUT2D eigenvalue weighted by Crippen LogP contribution is 2.55. The van der Waals surface area contributed by atoms with E-state index in [9.17, 15) is 23.9 Å². The predicted molar refractivity (Wildman–Crippen MR) is 147 cm³/mol. The summed E-state index contributed by atoms with van der Waals surface area (Å²) >= 11 is 0. The van der Waals surface area contributed by atoms with Crippen molar-refractivity contribution in [1.29, 1.82) is 0 Å². The van der Waals surface area contributed by atoms with Crippen LogP contribution in [0.3, 0.4) is 0 Å². The van der Waals surface area contributed by atoms with E-state index >= 15 is 0 Å².